The average Bonchev–Trinajstić information content (AvgIpc) is 3.74. The predicted molar refractivity (Wildman–Crippen MR) is 132 cm³/mol. The summed E-state index contributed by atoms with van der Waals surface area (Å²) in [5, 5.41) is 11.9. The quantitative estimate of drug-likeness (QED) is 0.342. The van der Waals surface area contributed by atoms with E-state index < -0.39 is 17.5 Å². The van der Waals surface area contributed by atoms with Crippen LogP contribution in [-0.4, -0.2) is 90.8 Å². The minimum atomic E-state index is -0.962. The van der Waals surface area contributed by atoms with Crippen molar-refractivity contribution in [2.45, 2.75) is 71.8 Å². The number of nitrogens with one attached hydrogen (secondary N) is 1. The summed E-state index contributed by atoms with van der Waals surface area (Å²) in [6.45, 7) is 7.74. The first-order valence-electron chi connectivity index (χ1n) is 13.5. The maximum absolute atomic E-state index is 12.8. The number of aliphatic carboxylic acids is 1. The predicted octanol–water partition coefficient (Wildman–Crippen LogP) is 2.51. The fourth-order valence-electron chi connectivity index (χ4n) is 5.34. The molecule has 0 spiro atoms. The zero-order valence-corrected chi connectivity index (χ0v) is 22.0. The lowest BCUT2D eigenvalue weighted by atomic mass is 10.1. The summed E-state index contributed by atoms with van der Waals surface area (Å²) in [7, 11) is 0. The van der Waals surface area contributed by atoms with Crippen molar-refractivity contribution in [1.82, 2.24) is 15.1 Å². The van der Waals surface area contributed by atoms with Crippen LogP contribution in [-0.2, 0) is 23.9 Å². The Hall–Kier alpha value is -2.36. The fraction of sp³-hybridized carbons (Fsp3) is 0.846. The van der Waals surface area contributed by atoms with Crippen LogP contribution in [0.1, 0.15) is 65.7 Å². The summed E-state index contributed by atoms with van der Waals surface area (Å²) in [4.78, 5) is 51.8. The maximum Gasteiger partial charge on any atom is 0.407 e. The van der Waals surface area contributed by atoms with Gasteiger partial charge in [-0.25, -0.2) is 4.79 Å². The number of nitrogens with zero attached hydrogens (tertiary/aromatic N) is 2. The molecule has 0 aromatic rings. The molecule has 3 aliphatic rings. The van der Waals surface area contributed by atoms with Crippen LogP contribution >= 0.6 is 0 Å². The van der Waals surface area contributed by atoms with Crippen LogP contribution in [0.4, 0.5) is 4.79 Å². The molecular weight excluding hydrogens is 466 g/mol. The van der Waals surface area contributed by atoms with Crippen molar-refractivity contribution < 1.29 is 33.8 Å². The molecule has 1 saturated heterocycles. The number of carbonyl (C=O) groups excluding carboxylic acids is 3. The number of carboxylic acid groups (broad SMARTS) is 1. The standard InChI is InChI=1S/C26H43N3O7/c1-4-6-19-20(7-5-2)21(19)17-36-25(34)27-11-8-22(30)29-13-12-28(15-23(31)32)18(14-29)16-35-24(33)26(3)9-10-26/h18-21H,4-17H2,1-3H3,(H,27,34)(H,31,32)/t18?,19-,20+,21?. The summed E-state index contributed by atoms with van der Waals surface area (Å²) < 4.78 is 10.9. The van der Waals surface area contributed by atoms with Gasteiger partial charge in [0.1, 0.15) is 6.61 Å². The number of ether oxygens (including phenoxy) is 2. The Labute approximate surface area is 214 Å². The lowest BCUT2D eigenvalue weighted by Crippen LogP contribution is -2.57. The van der Waals surface area contributed by atoms with E-state index in [9.17, 15) is 24.3 Å². The highest BCUT2D eigenvalue weighted by Crippen LogP contribution is 2.52. The Bertz CT molecular complexity index is 788. The van der Waals surface area contributed by atoms with Gasteiger partial charge in [-0.1, -0.05) is 39.5 Å². The minimum absolute atomic E-state index is 0.0509. The van der Waals surface area contributed by atoms with E-state index in [-0.39, 0.29) is 50.6 Å². The van der Waals surface area contributed by atoms with E-state index in [1.54, 1.807) is 9.80 Å². The van der Waals surface area contributed by atoms with E-state index in [1.165, 1.54) is 12.8 Å². The third kappa shape index (κ3) is 7.82. The molecule has 4 atom stereocenters. The molecule has 2 aliphatic carbocycles. The van der Waals surface area contributed by atoms with Crippen molar-refractivity contribution >= 4 is 23.9 Å². The van der Waals surface area contributed by atoms with Gasteiger partial charge < -0.3 is 24.8 Å². The molecule has 204 valence electrons. The van der Waals surface area contributed by atoms with Crippen LogP contribution in [0.5, 0.6) is 0 Å². The van der Waals surface area contributed by atoms with Crippen molar-refractivity contribution in [3.05, 3.63) is 0 Å². The molecule has 2 N–H and O–H groups in total. The summed E-state index contributed by atoms with van der Waals surface area (Å²) >= 11 is 0. The number of alkyl carbamates (subject to hydrolysis) is 1. The number of piperazine rings is 1. The Morgan fingerprint density at radius 1 is 0.972 bits per heavy atom. The molecular formula is C26H43N3O7. The summed E-state index contributed by atoms with van der Waals surface area (Å²) in [6.07, 6.45) is 5.86. The summed E-state index contributed by atoms with van der Waals surface area (Å²) in [6, 6.07) is -0.381. The molecule has 1 heterocycles. The number of carbonyl (C=O) groups is 4. The Morgan fingerprint density at radius 2 is 1.64 bits per heavy atom. The van der Waals surface area contributed by atoms with E-state index in [4.69, 9.17) is 9.47 Å². The summed E-state index contributed by atoms with van der Waals surface area (Å²) in [5.74, 6) is 0.400. The monoisotopic (exact) mass is 509 g/mol. The van der Waals surface area contributed by atoms with Gasteiger partial charge in [0.25, 0.3) is 0 Å². The van der Waals surface area contributed by atoms with Crippen molar-refractivity contribution in [2.75, 3.05) is 45.9 Å². The minimum Gasteiger partial charge on any atom is -0.480 e. The van der Waals surface area contributed by atoms with E-state index in [0.29, 0.717) is 37.5 Å². The lowest BCUT2D eigenvalue weighted by molar-refractivity contribution is -0.153. The smallest absolute Gasteiger partial charge is 0.407 e. The van der Waals surface area contributed by atoms with Crippen LogP contribution < -0.4 is 5.32 Å². The first-order valence-corrected chi connectivity index (χ1v) is 13.5. The van der Waals surface area contributed by atoms with Gasteiger partial charge in [0.05, 0.1) is 24.6 Å². The number of carboxylic acids is 1. The number of hydrogen-bond acceptors (Lipinski definition) is 7. The summed E-state index contributed by atoms with van der Waals surface area (Å²) in [5.41, 5.74) is -0.421. The average molecular weight is 510 g/mol. The normalized spacial score (nSPS) is 26.7. The third-order valence-electron chi connectivity index (χ3n) is 7.96. The van der Waals surface area contributed by atoms with Gasteiger partial charge in [-0.3, -0.25) is 19.3 Å². The SMILES string of the molecule is CCC[C@@H]1C(COC(=O)NCCC(=O)N2CCN(CC(=O)O)C(COC(=O)C3(C)CC3)C2)[C@@H]1CCC. The Kier molecular flexibility index (Phi) is 9.99. The molecule has 2 amide bonds. The van der Waals surface area contributed by atoms with E-state index in [2.05, 4.69) is 19.2 Å². The van der Waals surface area contributed by atoms with Gasteiger partial charge in [0.15, 0.2) is 0 Å². The van der Waals surface area contributed by atoms with Gasteiger partial charge >= 0.3 is 18.0 Å². The lowest BCUT2D eigenvalue weighted by Gasteiger charge is -2.40. The first-order chi connectivity index (χ1) is 17.2. The second-order valence-corrected chi connectivity index (χ2v) is 10.9. The van der Waals surface area contributed by atoms with Crippen LogP contribution in [0.2, 0.25) is 0 Å². The van der Waals surface area contributed by atoms with Crippen LogP contribution in [0.3, 0.4) is 0 Å². The Balaban J connectivity index is 1.38. The molecule has 2 unspecified atom stereocenters. The topological polar surface area (TPSA) is 125 Å². The van der Waals surface area contributed by atoms with Gasteiger partial charge in [0.2, 0.25) is 5.91 Å². The van der Waals surface area contributed by atoms with Crippen LogP contribution in [0.25, 0.3) is 0 Å². The molecule has 1 aliphatic heterocycles. The second-order valence-electron chi connectivity index (χ2n) is 10.9. The van der Waals surface area contributed by atoms with E-state index in [1.807, 2.05) is 6.92 Å². The first kappa shape index (κ1) is 28.2. The molecule has 3 rings (SSSR count). The number of amides is 2. The maximum atomic E-state index is 12.8. The molecule has 3 fully saturated rings. The highest BCUT2D eigenvalue weighted by atomic mass is 16.5. The fourth-order valence-corrected chi connectivity index (χ4v) is 5.34. The molecule has 2 saturated carbocycles. The number of esters is 1. The number of hydrogen-bond donors (Lipinski definition) is 2. The van der Waals surface area contributed by atoms with Crippen molar-refractivity contribution in [1.29, 1.82) is 0 Å². The van der Waals surface area contributed by atoms with Gasteiger partial charge in [-0.05, 0) is 37.5 Å². The number of rotatable bonds is 14. The van der Waals surface area contributed by atoms with Gasteiger partial charge in [-0.2, -0.15) is 0 Å². The third-order valence-corrected chi connectivity index (χ3v) is 7.96. The Morgan fingerprint density at radius 3 is 2.22 bits per heavy atom. The molecule has 10 heteroatoms. The highest BCUT2D eigenvalue weighted by Gasteiger charge is 2.49. The molecule has 0 aromatic heterocycles. The largest absolute Gasteiger partial charge is 0.480 e. The molecule has 0 radical (unpaired) electrons. The van der Waals surface area contributed by atoms with Gasteiger partial charge in [0, 0.05) is 32.6 Å². The zero-order valence-electron chi connectivity index (χ0n) is 22.0. The van der Waals surface area contributed by atoms with Crippen molar-refractivity contribution in [3.63, 3.8) is 0 Å². The van der Waals surface area contributed by atoms with Crippen LogP contribution in [0.15, 0.2) is 0 Å². The highest BCUT2D eigenvalue weighted by molar-refractivity contribution is 5.79. The zero-order chi connectivity index (χ0) is 26.3. The molecule has 36 heavy (non-hydrogen) atoms. The molecule has 0 bridgehead atoms. The van der Waals surface area contributed by atoms with E-state index in [0.717, 1.165) is 25.7 Å². The van der Waals surface area contributed by atoms with Crippen molar-refractivity contribution in [2.24, 2.45) is 23.2 Å². The molecule has 10 nitrogen and oxygen atoms in total. The molecule has 0 aromatic carbocycles. The second kappa shape index (κ2) is 12.7. The van der Waals surface area contributed by atoms with E-state index >= 15 is 0 Å². The van der Waals surface area contributed by atoms with Crippen molar-refractivity contribution in [3.8, 4) is 0 Å². The van der Waals surface area contributed by atoms with Gasteiger partial charge in [-0.15, -0.1) is 0 Å². The van der Waals surface area contributed by atoms with Crippen LogP contribution in [0, 0.1) is 23.2 Å².